The zero-order valence-electron chi connectivity index (χ0n) is 7.23. The molecule has 0 fully saturated rings. The van der Waals surface area contributed by atoms with E-state index in [-0.39, 0.29) is 11.6 Å². The van der Waals surface area contributed by atoms with Crippen molar-refractivity contribution >= 4 is 11.6 Å². The molecule has 0 bridgehead atoms. The summed E-state index contributed by atoms with van der Waals surface area (Å²) in [6.45, 7) is 0. The molecule has 1 aromatic heterocycles. The Bertz CT molecular complexity index is 333. The number of hydrogen-bond acceptors (Lipinski definition) is 2. The lowest BCUT2D eigenvalue weighted by atomic mass is 10.2. The van der Waals surface area contributed by atoms with Crippen LogP contribution in [0, 0.1) is 5.82 Å². The van der Waals surface area contributed by atoms with Gasteiger partial charge in [0.2, 0.25) is 0 Å². The highest BCUT2D eigenvalue weighted by molar-refractivity contribution is 6.16. The molecule has 1 rings (SSSR count). The number of halogens is 4. The van der Waals surface area contributed by atoms with Crippen LogP contribution in [0.1, 0.15) is 17.8 Å². The number of alkyl halides is 3. The first-order valence-electron chi connectivity index (χ1n) is 3.67. The van der Waals surface area contributed by atoms with Gasteiger partial charge in [-0.05, 0) is 0 Å². The largest absolute Gasteiger partial charge is 0.492 e. The predicted molar refractivity (Wildman–Crippen MR) is 45.3 cm³/mol. The highest BCUT2D eigenvalue weighted by Gasteiger charge is 2.20. The molecule has 0 atom stereocenters. The van der Waals surface area contributed by atoms with Crippen molar-refractivity contribution < 1.29 is 17.9 Å². The fraction of sp³-hybridized carbons (Fsp3) is 0.375. The molecule has 0 saturated heterocycles. The molecule has 6 heteroatoms. The highest BCUT2D eigenvalue weighted by Crippen LogP contribution is 2.30. The Labute approximate surface area is 83.7 Å². The minimum Gasteiger partial charge on any atom is -0.492 e. The Balaban J connectivity index is 3.28. The van der Waals surface area contributed by atoms with Gasteiger partial charge in [-0.3, -0.25) is 0 Å². The molecule has 2 nitrogen and oxygen atoms in total. The van der Waals surface area contributed by atoms with Crippen LogP contribution in [0.2, 0.25) is 0 Å². The third-order valence-electron chi connectivity index (χ3n) is 1.55. The van der Waals surface area contributed by atoms with Crippen molar-refractivity contribution in [3.8, 4) is 5.75 Å². The van der Waals surface area contributed by atoms with Gasteiger partial charge in [-0.15, -0.1) is 11.6 Å². The van der Waals surface area contributed by atoms with Crippen molar-refractivity contribution in [1.29, 1.82) is 0 Å². The van der Waals surface area contributed by atoms with Crippen molar-refractivity contribution in [1.82, 2.24) is 4.98 Å². The highest BCUT2D eigenvalue weighted by atomic mass is 35.5. The number of methoxy groups -OCH3 is 1. The molecule has 1 aromatic rings. The number of nitrogens with zero attached hydrogens (tertiary/aromatic N) is 1. The third-order valence-corrected chi connectivity index (χ3v) is 1.83. The second-order valence-electron chi connectivity index (χ2n) is 2.45. The number of aromatic nitrogens is 1. The number of rotatable bonds is 3. The normalized spacial score (nSPS) is 10.7. The van der Waals surface area contributed by atoms with Gasteiger partial charge in [0.15, 0.2) is 17.3 Å². The second kappa shape index (κ2) is 4.50. The first-order chi connectivity index (χ1) is 6.60. The average molecular weight is 226 g/mol. The van der Waals surface area contributed by atoms with Crippen molar-refractivity contribution in [2.45, 2.75) is 12.3 Å². The van der Waals surface area contributed by atoms with Gasteiger partial charge in [-0.25, -0.2) is 18.2 Å². The third kappa shape index (κ3) is 2.09. The SMILES string of the molecule is COc1c(F)cc(CCl)nc1C(F)F. The molecule has 0 spiro atoms. The lowest BCUT2D eigenvalue weighted by Gasteiger charge is -2.08. The van der Waals surface area contributed by atoms with Crippen LogP contribution in [0.4, 0.5) is 13.2 Å². The fourth-order valence-electron chi connectivity index (χ4n) is 0.990. The summed E-state index contributed by atoms with van der Waals surface area (Å²) >= 11 is 5.36. The lowest BCUT2D eigenvalue weighted by molar-refractivity contribution is 0.140. The molecule has 0 aliphatic carbocycles. The van der Waals surface area contributed by atoms with Gasteiger partial charge < -0.3 is 4.74 Å². The van der Waals surface area contributed by atoms with Gasteiger partial charge in [-0.2, -0.15) is 0 Å². The van der Waals surface area contributed by atoms with Gasteiger partial charge in [0.1, 0.15) is 0 Å². The maximum atomic E-state index is 13.1. The second-order valence-corrected chi connectivity index (χ2v) is 2.72. The molecule has 0 aliphatic rings. The minimum absolute atomic E-state index is 0.0558. The molecule has 0 N–H and O–H groups in total. The maximum absolute atomic E-state index is 13.1. The lowest BCUT2D eigenvalue weighted by Crippen LogP contribution is -2.02. The molecular weight excluding hydrogens is 219 g/mol. The molecule has 14 heavy (non-hydrogen) atoms. The molecular formula is C8H7ClF3NO. The molecule has 0 radical (unpaired) electrons. The quantitative estimate of drug-likeness (QED) is 0.738. The van der Waals surface area contributed by atoms with Crippen LogP contribution in [-0.2, 0) is 5.88 Å². The molecule has 0 amide bonds. The number of pyridine rings is 1. The topological polar surface area (TPSA) is 22.1 Å². The van der Waals surface area contributed by atoms with Gasteiger partial charge in [0, 0.05) is 6.07 Å². The molecule has 0 aromatic carbocycles. The number of ether oxygens (including phenoxy) is 1. The van der Waals surface area contributed by atoms with E-state index >= 15 is 0 Å². The van der Waals surface area contributed by atoms with Crippen LogP contribution in [0.5, 0.6) is 5.75 Å². The zero-order valence-corrected chi connectivity index (χ0v) is 7.99. The monoisotopic (exact) mass is 225 g/mol. The predicted octanol–water partition coefficient (Wildman–Crippen LogP) is 2.91. The summed E-state index contributed by atoms with van der Waals surface area (Å²) in [5.41, 5.74) is -0.664. The van der Waals surface area contributed by atoms with E-state index in [2.05, 4.69) is 9.72 Å². The van der Waals surface area contributed by atoms with Crippen molar-refractivity contribution in [3.63, 3.8) is 0 Å². The zero-order chi connectivity index (χ0) is 10.7. The van der Waals surface area contributed by atoms with E-state index in [0.717, 1.165) is 13.2 Å². The van der Waals surface area contributed by atoms with Crippen LogP contribution in [-0.4, -0.2) is 12.1 Å². The fourth-order valence-corrected chi connectivity index (χ4v) is 1.13. The van der Waals surface area contributed by atoms with E-state index in [0.29, 0.717) is 0 Å². The summed E-state index contributed by atoms with van der Waals surface area (Å²) in [4.78, 5) is 3.48. The Hall–Kier alpha value is -0.970. The summed E-state index contributed by atoms with van der Waals surface area (Å²) in [5.74, 6) is -1.54. The maximum Gasteiger partial charge on any atom is 0.284 e. The number of hydrogen-bond donors (Lipinski definition) is 0. The molecule has 0 unspecified atom stereocenters. The van der Waals surface area contributed by atoms with E-state index in [9.17, 15) is 13.2 Å². The minimum atomic E-state index is -2.89. The Morgan fingerprint density at radius 1 is 1.57 bits per heavy atom. The van der Waals surface area contributed by atoms with E-state index in [4.69, 9.17) is 11.6 Å². The van der Waals surface area contributed by atoms with Crippen LogP contribution in [0.25, 0.3) is 0 Å². The van der Waals surface area contributed by atoms with Gasteiger partial charge in [0.25, 0.3) is 6.43 Å². The summed E-state index contributed by atoms with van der Waals surface area (Å²) in [6.07, 6.45) is -2.89. The summed E-state index contributed by atoms with van der Waals surface area (Å²) in [6, 6.07) is 0.970. The van der Waals surface area contributed by atoms with Crippen LogP contribution in [0.3, 0.4) is 0 Å². The van der Waals surface area contributed by atoms with Crippen molar-refractivity contribution in [2.24, 2.45) is 0 Å². The summed E-state index contributed by atoms with van der Waals surface area (Å²) in [5, 5.41) is 0. The van der Waals surface area contributed by atoms with Crippen LogP contribution >= 0.6 is 11.6 Å². The smallest absolute Gasteiger partial charge is 0.284 e. The van der Waals surface area contributed by atoms with E-state index in [1.54, 1.807) is 0 Å². The van der Waals surface area contributed by atoms with E-state index < -0.39 is 23.7 Å². The van der Waals surface area contributed by atoms with Gasteiger partial charge in [-0.1, -0.05) is 0 Å². The molecule has 1 heterocycles. The Kier molecular flexibility index (Phi) is 3.57. The summed E-state index contributed by atoms with van der Waals surface area (Å²) < 4.78 is 42.3. The van der Waals surface area contributed by atoms with Crippen molar-refractivity contribution in [2.75, 3.05) is 7.11 Å². The van der Waals surface area contributed by atoms with E-state index in [1.165, 1.54) is 0 Å². The van der Waals surface area contributed by atoms with Crippen LogP contribution < -0.4 is 4.74 Å². The molecule has 0 saturated carbocycles. The van der Waals surface area contributed by atoms with Gasteiger partial charge >= 0.3 is 0 Å². The first kappa shape index (κ1) is 11.1. The standard InChI is InChI=1S/C8H7ClF3NO/c1-14-7-5(10)2-4(3-9)13-6(7)8(11)12/h2,8H,3H2,1H3. The Morgan fingerprint density at radius 2 is 2.21 bits per heavy atom. The van der Waals surface area contributed by atoms with E-state index in [1.807, 2.05) is 0 Å². The van der Waals surface area contributed by atoms with Crippen molar-refractivity contribution in [3.05, 3.63) is 23.3 Å². The van der Waals surface area contributed by atoms with Gasteiger partial charge in [0.05, 0.1) is 18.7 Å². The Morgan fingerprint density at radius 3 is 2.64 bits per heavy atom. The molecule has 78 valence electrons. The first-order valence-corrected chi connectivity index (χ1v) is 4.21. The average Bonchev–Trinajstić information content (AvgIpc) is 2.16. The molecule has 0 aliphatic heterocycles. The summed E-state index contributed by atoms with van der Waals surface area (Å²) in [7, 11) is 1.10. The van der Waals surface area contributed by atoms with Crippen LogP contribution in [0.15, 0.2) is 6.07 Å².